The molecule has 0 saturated carbocycles. The molecule has 0 unspecified atom stereocenters. The fourth-order valence-electron chi connectivity index (χ4n) is 2.64. The minimum absolute atomic E-state index is 0.0429. The van der Waals surface area contributed by atoms with Crippen molar-refractivity contribution in [1.82, 2.24) is 0 Å². The Morgan fingerprint density at radius 2 is 1.11 bits per heavy atom. The third-order valence-electron chi connectivity index (χ3n) is 4.06. The van der Waals surface area contributed by atoms with Crippen molar-refractivity contribution in [2.24, 2.45) is 9.98 Å². The molecule has 0 amide bonds. The first-order valence-electron chi connectivity index (χ1n) is 8.29. The molecule has 134 valence electrons. The van der Waals surface area contributed by atoms with Gasteiger partial charge < -0.3 is 19.7 Å². The first-order chi connectivity index (χ1) is 13.2. The van der Waals surface area contributed by atoms with Gasteiger partial charge in [0.1, 0.15) is 0 Å². The van der Waals surface area contributed by atoms with Gasteiger partial charge in [-0.2, -0.15) is 0 Å². The Morgan fingerprint density at radius 3 is 1.59 bits per heavy atom. The number of fused-ring (bicyclic) bond motifs is 5. The molecule has 3 aromatic carbocycles. The van der Waals surface area contributed by atoms with Gasteiger partial charge in [-0.25, -0.2) is 0 Å². The second kappa shape index (κ2) is 7.21. The highest BCUT2D eigenvalue weighted by molar-refractivity contribution is 5.90. The van der Waals surface area contributed by atoms with E-state index in [4.69, 9.17) is 9.47 Å². The van der Waals surface area contributed by atoms with Crippen LogP contribution in [0, 0.1) is 0 Å². The van der Waals surface area contributed by atoms with Gasteiger partial charge in [-0.15, -0.1) is 0 Å². The van der Waals surface area contributed by atoms with Gasteiger partial charge in [0.2, 0.25) is 6.79 Å². The molecule has 3 aromatic rings. The van der Waals surface area contributed by atoms with Crippen LogP contribution in [0.1, 0.15) is 11.1 Å². The molecule has 0 fully saturated rings. The van der Waals surface area contributed by atoms with Crippen LogP contribution in [0.25, 0.3) is 0 Å². The van der Waals surface area contributed by atoms with Crippen molar-refractivity contribution in [3.63, 3.8) is 0 Å². The summed E-state index contributed by atoms with van der Waals surface area (Å²) in [7, 11) is 0. The molecule has 0 radical (unpaired) electrons. The molecule has 4 rings (SSSR count). The summed E-state index contributed by atoms with van der Waals surface area (Å²) in [5.41, 5.74) is 2.26. The number of aliphatic imine (C=N–C) groups is 2. The molecule has 0 atom stereocenters. The number of hydrogen-bond donors (Lipinski definition) is 2. The summed E-state index contributed by atoms with van der Waals surface area (Å²) in [5.74, 6) is 0.431. The van der Waals surface area contributed by atoms with Crippen LogP contribution in [0.3, 0.4) is 0 Å². The number of rotatable bonds is 0. The molecule has 27 heavy (non-hydrogen) atoms. The summed E-state index contributed by atoms with van der Waals surface area (Å²) in [6.07, 6.45) is 3.10. The maximum atomic E-state index is 10.4. The van der Waals surface area contributed by atoms with Gasteiger partial charge in [0.05, 0.1) is 11.4 Å². The van der Waals surface area contributed by atoms with Crippen LogP contribution < -0.4 is 9.47 Å². The fourth-order valence-corrected chi connectivity index (χ4v) is 2.64. The van der Waals surface area contributed by atoms with Crippen LogP contribution >= 0.6 is 0 Å². The van der Waals surface area contributed by atoms with Gasteiger partial charge >= 0.3 is 0 Å². The van der Waals surface area contributed by atoms with Gasteiger partial charge in [0, 0.05) is 23.6 Å². The number of benzene rings is 3. The van der Waals surface area contributed by atoms with Crippen LogP contribution in [0.5, 0.6) is 23.0 Å². The number of nitrogens with zero attached hydrogens (tertiary/aromatic N) is 2. The van der Waals surface area contributed by atoms with Crippen molar-refractivity contribution in [2.75, 3.05) is 6.79 Å². The third kappa shape index (κ3) is 3.46. The summed E-state index contributed by atoms with van der Waals surface area (Å²) < 4.78 is 11.0. The van der Waals surface area contributed by atoms with Crippen LogP contribution in [-0.2, 0) is 0 Å². The maximum absolute atomic E-state index is 10.4. The van der Waals surface area contributed by atoms with Crippen LogP contribution in [0.2, 0.25) is 0 Å². The molecule has 6 heteroatoms. The van der Waals surface area contributed by atoms with Crippen molar-refractivity contribution in [1.29, 1.82) is 0 Å². The van der Waals surface area contributed by atoms with E-state index in [1.165, 1.54) is 0 Å². The van der Waals surface area contributed by atoms with E-state index in [0.29, 0.717) is 22.5 Å². The molecule has 4 bridgehead atoms. The highest BCUT2D eigenvalue weighted by atomic mass is 16.7. The normalized spacial score (nSPS) is 12.9. The average Bonchev–Trinajstić information content (AvgIpc) is 2.69. The summed E-state index contributed by atoms with van der Waals surface area (Å²) in [6, 6.07) is 17.5. The molecule has 0 spiro atoms. The van der Waals surface area contributed by atoms with E-state index in [2.05, 4.69) is 9.98 Å². The van der Waals surface area contributed by atoms with Crippen molar-refractivity contribution in [2.45, 2.75) is 0 Å². The molecule has 1 heterocycles. The molecule has 6 nitrogen and oxygen atoms in total. The second-order valence-electron chi connectivity index (χ2n) is 5.80. The van der Waals surface area contributed by atoms with Crippen molar-refractivity contribution in [3.05, 3.63) is 71.8 Å². The van der Waals surface area contributed by atoms with E-state index in [1.807, 2.05) is 24.3 Å². The van der Waals surface area contributed by atoms with E-state index in [1.54, 1.807) is 48.8 Å². The lowest BCUT2D eigenvalue weighted by atomic mass is 10.2. The summed E-state index contributed by atoms with van der Waals surface area (Å²) in [4.78, 5) is 8.88. The summed E-state index contributed by atoms with van der Waals surface area (Å²) >= 11 is 0. The molecule has 1 aliphatic heterocycles. The minimum atomic E-state index is -0.178. The van der Waals surface area contributed by atoms with Crippen LogP contribution in [0.4, 0.5) is 11.4 Å². The monoisotopic (exact) mass is 360 g/mol. The minimum Gasteiger partial charge on any atom is -0.504 e. The van der Waals surface area contributed by atoms with E-state index in [9.17, 15) is 10.2 Å². The predicted octanol–water partition coefficient (Wildman–Crippen LogP) is 4.33. The number of hydrogen-bond acceptors (Lipinski definition) is 6. The molecule has 0 aliphatic carbocycles. The quantitative estimate of drug-likeness (QED) is 0.625. The number of phenolic OH excluding ortho intramolecular Hbond substituents is 2. The number of phenols is 2. The Bertz CT molecular complexity index is 962. The Morgan fingerprint density at radius 1 is 0.630 bits per heavy atom. The lowest BCUT2D eigenvalue weighted by Gasteiger charge is -2.12. The zero-order chi connectivity index (χ0) is 18.6. The van der Waals surface area contributed by atoms with Crippen LogP contribution in [0.15, 0.2) is 70.6 Å². The first-order valence-corrected chi connectivity index (χ1v) is 8.29. The highest BCUT2D eigenvalue weighted by Gasteiger charge is 2.11. The topological polar surface area (TPSA) is 83.6 Å². The van der Waals surface area contributed by atoms with E-state index >= 15 is 0 Å². The zero-order valence-corrected chi connectivity index (χ0v) is 14.2. The SMILES string of the molecule is Oc1c2cccc1OCOc1cccc(c1O)C=Nc1ccccc1N=C2. The van der Waals surface area contributed by atoms with Gasteiger partial charge in [-0.05, 0) is 36.4 Å². The largest absolute Gasteiger partial charge is 0.504 e. The predicted molar refractivity (Wildman–Crippen MR) is 103 cm³/mol. The smallest absolute Gasteiger partial charge is 0.231 e. The molecule has 0 aromatic heterocycles. The number of aromatic hydroxyl groups is 2. The third-order valence-corrected chi connectivity index (χ3v) is 4.06. The molecular weight excluding hydrogens is 344 g/mol. The van der Waals surface area contributed by atoms with E-state index in [0.717, 1.165) is 0 Å². The van der Waals surface area contributed by atoms with E-state index in [-0.39, 0.29) is 29.8 Å². The van der Waals surface area contributed by atoms with Crippen LogP contribution in [-0.4, -0.2) is 29.4 Å². The Kier molecular flexibility index (Phi) is 4.45. The Balaban J connectivity index is 1.85. The van der Waals surface area contributed by atoms with Gasteiger partial charge in [0.25, 0.3) is 0 Å². The van der Waals surface area contributed by atoms with Crippen molar-refractivity contribution in [3.8, 4) is 23.0 Å². The van der Waals surface area contributed by atoms with Crippen molar-refractivity contribution < 1.29 is 19.7 Å². The molecule has 0 saturated heterocycles. The lowest BCUT2D eigenvalue weighted by Crippen LogP contribution is -2.06. The lowest BCUT2D eigenvalue weighted by molar-refractivity contribution is 0.113. The Hall–Kier alpha value is -3.80. The maximum Gasteiger partial charge on any atom is 0.231 e. The van der Waals surface area contributed by atoms with Gasteiger partial charge in [-0.3, -0.25) is 9.98 Å². The number of para-hydroxylation sites is 4. The zero-order valence-electron chi connectivity index (χ0n) is 14.2. The highest BCUT2D eigenvalue weighted by Crippen LogP contribution is 2.33. The summed E-state index contributed by atoms with van der Waals surface area (Å²) in [6.45, 7) is -0.178. The average molecular weight is 360 g/mol. The fraction of sp³-hybridized carbons (Fsp3) is 0.0476. The van der Waals surface area contributed by atoms with E-state index < -0.39 is 0 Å². The van der Waals surface area contributed by atoms with Crippen molar-refractivity contribution >= 4 is 23.8 Å². The molecule has 1 aliphatic rings. The van der Waals surface area contributed by atoms with Gasteiger partial charge in [-0.1, -0.05) is 24.3 Å². The standard InChI is InChI=1S/C21H16N2O4/c24-20-14-5-3-9-18(20)26-13-27-19-10-4-6-15(21(19)25)12-23-17-8-2-1-7-16(17)22-11-14/h1-12,24-25H,13H2. The second-order valence-corrected chi connectivity index (χ2v) is 5.80. The Labute approximate surface area is 155 Å². The molecule has 2 N–H and O–H groups in total. The molecular formula is C21H16N2O4. The van der Waals surface area contributed by atoms with Gasteiger partial charge in [0.15, 0.2) is 23.0 Å². The number of ether oxygens (including phenoxy) is 2. The summed E-state index contributed by atoms with van der Waals surface area (Å²) in [5, 5.41) is 20.8. The first kappa shape index (κ1) is 16.7.